The Hall–Kier alpha value is -2.16. The minimum atomic E-state index is -3.01. The molecule has 1 aliphatic rings. The summed E-state index contributed by atoms with van der Waals surface area (Å²) in [4.78, 5) is 14.6. The molecule has 6 nitrogen and oxygen atoms in total. The summed E-state index contributed by atoms with van der Waals surface area (Å²) in [6.45, 7) is -3.46. The van der Waals surface area contributed by atoms with Crippen molar-refractivity contribution in [1.82, 2.24) is 0 Å². The van der Waals surface area contributed by atoms with Crippen molar-refractivity contribution in [2.75, 3.05) is 13.2 Å². The van der Waals surface area contributed by atoms with Crippen molar-refractivity contribution in [1.29, 1.82) is 0 Å². The van der Waals surface area contributed by atoms with Gasteiger partial charge in [-0.1, -0.05) is 29.3 Å². The molecule has 162 valence electrons. The molecule has 1 fully saturated rings. The van der Waals surface area contributed by atoms with Crippen LogP contribution in [0.4, 0.5) is 8.78 Å². The minimum Gasteiger partial charge on any atom is -0.489 e. The number of carbonyl (C=O) groups is 1. The third-order valence-electron chi connectivity index (χ3n) is 4.52. The summed E-state index contributed by atoms with van der Waals surface area (Å²) in [5, 5.41) is 9.75. The van der Waals surface area contributed by atoms with Crippen molar-refractivity contribution >= 4 is 29.2 Å². The van der Waals surface area contributed by atoms with E-state index in [0.717, 1.165) is 12.8 Å². The van der Waals surface area contributed by atoms with Crippen LogP contribution in [0.5, 0.6) is 11.5 Å². The third kappa shape index (κ3) is 6.17. The van der Waals surface area contributed by atoms with E-state index >= 15 is 0 Å². The van der Waals surface area contributed by atoms with Crippen LogP contribution < -0.4 is 14.5 Å². The van der Waals surface area contributed by atoms with Crippen LogP contribution in [0.3, 0.4) is 0 Å². The van der Waals surface area contributed by atoms with Gasteiger partial charge in [0.15, 0.2) is 23.9 Å². The molecule has 1 aromatic heterocycles. The van der Waals surface area contributed by atoms with Crippen molar-refractivity contribution in [2.24, 2.45) is 5.92 Å². The number of aromatic nitrogens is 1. The Morgan fingerprint density at radius 1 is 1.20 bits per heavy atom. The van der Waals surface area contributed by atoms with E-state index < -0.39 is 25.3 Å². The first-order valence-electron chi connectivity index (χ1n) is 9.23. The number of rotatable bonds is 10. The molecule has 2 N–H and O–H groups in total. The number of aliphatic hydroxyl groups excluding tert-OH is 1. The Labute approximate surface area is 181 Å². The third-order valence-corrected chi connectivity index (χ3v) is 5.19. The second-order valence-electron chi connectivity index (χ2n) is 6.81. The summed E-state index contributed by atoms with van der Waals surface area (Å²) in [5.41, 5.74) is 0.963. The highest BCUT2D eigenvalue weighted by atomic mass is 35.5. The molecular formula is C20H20Cl2F2NO5+. The number of nitrogens with one attached hydrogen (secondary N) is 1. The van der Waals surface area contributed by atoms with Crippen molar-refractivity contribution < 1.29 is 37.9 Å². The molecule has 0 aliphatic heterocycles. The van der Waals surface area contributed by atoms with Gasteiger partial charge in [-0.15, -0.1) is 0 Å². The fourth-order valence-corrected chi connectivity index (χ4v) is 3.34. The molecule has 0 saturated heterocycles. The van der Waals surface area contributed by atoms with Gasteiger partial charge in [-0.25, -0.2) is 9.78 Å². The number of halogens is 4. The molecule has 10 heteroatoms. The highest BCUT2D eigenvalue weighted by Crippen LogP contribution is 2.37. The second kappa shape index (κ2) is 10.2. The average Bonchev–Trinajstić information content (AvgIpc) is 3.53. The maximum Gasteiger partial charge on any atom is 0.387 e. The lowest BCUT2D eigenvalue weighted by molar-refractivity contribution is -0.377. The maximum absolute atomic E-state index is 12.8. The summed E-state index contributed by atoms with van der Waals surface area (Å²) < 4.78 is 41.1. The van der Waals surface area contributed by atoms with Gasteiger partial charge in [0.05, 0.1) is 6.61 Å². The fourth-order valence-electron chi connectivity index (χ4n) is 2.80. The first-order valence-corrected chi connectivity index (χ1v) is 9.98. The van der Waals surface area contributed by atoms with Crippen LogP contribution in [0.2, 0.25) is 10.0 Å². The minimum absolute atomic E-state index is 0.0925. The molecule has 1 aliphatic carbocycles. The van der Waals surface area contributed by atoms with E-state index in [9.17, 15) is 13.6 Å². The molecule has 30 heavy (non-hydrogen) atoms. The Balaban J connectivity index is 1.92. The lowest BCUT2D eigenvalue weighted by Crippen LogP contribution is -2.17. The quantitative estimate of drug-likeness (QED) is 0.539. The number of pyridine rings is 1. The Morgan fingerprint density at radius 3 is 2.50 bits per heavy atom. The number of benzene rings is 1. The van der Waals surface area contributed by atoms with Crippen molar-refractivity contribution in [3.05, 3.63) is 51.8 Å². The SMILES string of the molecule is O=C(CO)O[C@@H](Cc1c(Cl)c[nH+]cc1Cl)c1ccc(OC(F)F)c(OCC2CC2)c1. The van der Waals surface area contributed by atoms with Crippen LogP contribution >= 0.6 is 23.2 Å². The van der Waals surface area contributed by atoms with E-state index in [1.165, 1.54) is 30.6 Å². The lowest BCUT2D eigenvalue weighted by atomic mass is 10.0. The molecule has 2 aromatic rings. The summed E-state index contributed by atoms with van der Waals surface area (Å²) in [7, 11) is 0. The Morgan fingerprint density at radius 2 is 1.90 bits per heavy atom. The monoisotopic (exact) mass is 462 g/mol. The van der Waals surface area contributed by atoms with Gasteiger partial charge in [-0.05, 0) is 36.5 Å². The number of esters is 1. The second-order valence-corrected chi connectivity index (χ2v) is 7.62. The number of aromatic amines is 1. The topological polar surface area (TPSA) is 79.1 Å². The fraction of sp³-hybridized carbons (Fsp3) is 0.400. The first kappa shape index (κ1) is 22.5. The molecule has 1 atom stereocenters. The van der Waals surface area contributed by atoms with E-state index in [2.05, 4.69) is 9.72 Å². The van der Waals surface area contributed by atoms with Crippen molar-refractivity contribution in [3.63, 3.8) is 0 Å². The zero-order valence-electron chi connectivity index (χ0n) is 15.7. The van der Waals surface area contributed by atoms with Gasteiger partial charge in [-0.2, -0.15) is 8.78 Å². The molecule has 0 spiro atoms. The van der Waals surface area contributed by atoms with Gasteiger partial charge in [0.1, 0.15) is 22.8 Å². The molecule has 1 aromatic carbocycles. The molecule has 0 radical (unpaired) electrons. The molecule has 3 rings (SSSR count). The number of ether oxygens (including phenoxy) is 3. The molecule has 0 unspecified atom stereocenters. The van der Waals surface area contributed by atoms with Gasteiger partial charge in [0.2, 0.25) is 0 Å². The van der Waals surface area contributed by atoms with E-state index in [4.69, 9.17) is 37.8 Å². The van der Waals surface area contributed by atoms with Crippen LogP contribution in [0.25, 0.3) is 0 Å². The van der Waals surface area contributed by atoms with Gasteiger partial charge >= 0.3 is 12.6 Å². The standard InChI is InChI=1S/C20H19Cl2F2NO5/c21-14-7-25-8-15(22)13(14)6-17(29-19(27)9-26)12-3-4-16(30-20(23)24)18(5-12)28-10-11-1-2-11/h3-5,7-8,11,17,20,26H,1-2,6,9-10H2/p+1/t17-/m0/s1. The number of alkyl halides is 2. The molecular weight excluding hydrogens is 443 g/mol. The number of hydrogen-bond acceptors (Lipinski definition) is 5. The van der Waals surface area contributed by atoms with Gasteiger partial charge in [0.25, 0.3) is 0 Å². The number of aliphatic hydroxyl groups is 1. The highest BCUT2D eigenvalue weighted by Gasteiger charge is 2.26. The van der Waals surface area contributed by atoms with E-state index in [0.29, 0.717) is 33.7 Å². The number of carbonyl (C=O) groups excluding carboxylic acids is 1. The smallest absolute Gasteiger partial charge is 0.387 e. The van der Waals surface area contributed by atoms with Crippen LogP contribution in [0.1, 0.15) is 30.1 Å². The van der Waals surface area contributed by atoms with Crippen molar-refractivity contribution in [2.45, 2.75) is 32.0 Å². The Bertz CT molecular complexity index is 875. The summed E-state index contributed by atoms with van der Waals surface area (Å²) in [6, 6.07) is 4.28. The lowest BCUT2D eigenvalue weighted by Gasteiger charge is -2.21. The van der Waals surface area contributed by atoms with Crippen LogP contribution in [0.15, 0.2) is 30.6 Å². The van der Waals surface area contributed by atoms with E-state index in [-0.39, 0.29) is 17.9 Å². The molecule has 0 bridgehead atoms. The molecule has 0 amide bonds. The normalized spacial score (nSPS) is 14.5. The largest absolute Gasteiger partial charge is 0.489 e. The maximum atomic E-state index is 12.8. The predicted octanol–water partition coefficient (Wildman–Crippen LogP) is 4.02. The number of hydrogen-bond donors (Lipinski definition) is 1. The summed E-state index contributed by atoms with van der Waals surface area (Å²) >= 11 is 12.4. The van der Waals surface area contributed by atoms with E-state index in [1.54, 1.807) is 0 Å². The van der Waals surface area contributed by atoms with Gasteiger partial charge < -0.3 is 19.3 Å². The molecule has 1 saturated carbocycles. The van der Waals surface area contributed by atoms with Gasteiger partial charge in [0, 0.05) is 12.0 Å². The zero-order valence-corrected chi connectivity index (χ0v) is 17.3. The van der Waals surface area contributed by atoms with Crippen molar-refractivity contribution in [3.8, 4) is 11.5 Å². The molecule has 1 heterocycles. The number of H-pyrrole nitrogens is 1. The summed E-state index contributed by atoms with van der Waals surface area (Å²) in [6.07, 6.45) is 4.28. The first-order chi connectivity index (χ1) is 14.4. The highest BCUT2D eigenvalue weighted by molar-refractivity contribution is 6.35. The van der Waals surface area contributed by atoms with Gasteiger partial charge in [-0.3, -0.25) is 0 Å². The van der Waals surface area contributed by atoms with E-state index in [1.807, 2.05) is 0 Å². The predicted molar refractivity (Wildman–Crippen MR) is 104 cm³/mol. The zero-order chi connectivity index (χ0) is 21.7. The summed E-state index contributed by atoms with van der Waals surface area (Å²) in [5.74, 6) is -0.479. The average molecular weight is 463 g/mol. The van der Waals surface area contributed by atoms with Crippen LogP contribution in [-0.4, -0.2) is 30.9 Å². The van der Waals surface area contributed by atoms with Crippen LogP contribution in [0, 0.1) is 5.92 Å². The van der Waals surface area contributed by atoms with Crippen LogP contribution in [-0.2, 0) is 16.0 Å². The Kier molecular flexibility index (Phi) is 7.69.